The molecule has 0 aromatic heterocycles. The molecule has 0 rings (SSSR count). The maximum Gasteiger partial charge on any atom is 0.291 e. The van der Waals surface area contributed by atoms with Gasteiger partial charge in [-0.2, -0.15) is 8.78 Å². The van der Waals surface area contributed by atoms with Crippen LogP contribution in [0.25, 0.3) is 0 Å². The smallest absolute Gasteiger partial charge is 0.291 e. The maximum absolute atomic E-state index is 11.5. The number of thioether (sulfide) groups is 1. The molecule has 0 aliphatic rings. The van der Waals surface area contributed by atoms with Crippen LogP contribution in [0.1, 0.15) is 0 Å². The zero-order valence-corrected chi connectivity index (χ0v) is 6.01. The molecule has 0 aromatic rings. The average Bonchev–Trinajstić information content (AvgIpc) is 1.82. The molecule has 0 aliphatic heterocycles. The average molecular weight is 154 g/mol. The van der Waals surface area contributed by atoms with Crippen LogP contribution in [0.3, 0.4) is 0 Å². The van der Waals surface area contributed by atoms with Gasteiger partial charge in [0.1, 0.15) is 0 Å². The SMILES string of the molecule is CN=C(NC)SC(F)F. The number of nitrogens with zero attached hydrogens (tertiary/aromatic N) is 1. The largest absolute Gasteiger partial charge is 0.368 e. The maximum atomic E-state index is 11.5. The van der Waals surface area contributed by atoms with E-state index in [1.807, 2.05) is 0 Å². The Morgan fingerprint density at radius 2 is 2.22 bits per heavy atom. The number of alkyl halides is 2. The molecule has 9 heavy (non-hydrogen) atoms. The van der Waals surface area contributed by atoms with Crippen molar-refractivity contribution >= 4 is 16.9 Å². The summed E-state index contributed by atoms with van der Waals surface area (Å²) in [7, 11) is 3.01. The molecule has 0 atom stereocenters. The Morgan fingerprint density at radius 1 is 1.67 bits per heavy atom. The van der Waals surface area contributed by atoms with Crippen LogP contribution >= 0.6 is 11.8 Å². The zero-order chi connectivity index (χ0) is 7.28. The van der Waals surface area contributed by atoms with Gasteiger partial charge in [-0.05, 0) is 11.8 Å². The van der Waals surface area contributed by atoms with E-state index in [-0.39, 0.29) is 5.17 Å². The second-order valence-electron chi connectivity index (χ2n) is 1.16. The molecular formula is C4H8F2N2S. The van der Waals surface area contributed by atoms with Crippen LogP contribution in [0.15, 0.2) is 4.99 Å². The van der Waals surface area contributed by atoms with E-state index in [1.165, 1.54) is 7.05 Å². The molecule has 0 radical (unpaired) electrons. The van der Waals surface area contributed by atoms with Crippen LogP contribution < -0.4 is 5.32 Å². The summed E-state index contributed by atoms with van der Waals surface area (Å²) in [6.07, 6.45) is 0. The summed E-state index contributed by atoms with van der Waals surface area (Å²) in [5.41, 5.74) is 0. The van der Waals surface area contributed by atoms with Gasteiger partial charge in [-0.25, -0.2) is 0 Å². The molecule has 0 bridgehead atoms. The Hall–Kier alpha value is -0.320. The number of aliphatic imine (C=N–C) groups is 1. The molecule has 0 heterocycles. The number of rotatable bonds is 1. The highest BCUT2D eigenvalue weighted by Crippen LogP contribution is 2.13. The first-order valence-corrected chi connectivity index (χ1v) is 3.18. The second kappa shape index (κ2) is 4.55. The third kappa shape index (κ3) is 4.20. The molecule has 0 saturated carbocycles. The summed E-state index contributed by atoms with van der Waals surface area (Å²) in [5, 5.41) is 2.77. The van der Waals surface area contributed by atoms with Gasteiger partial charge in [0.15, 0.2) is 5.17 Å². The van der Waals surface area contributed by atoms with E-state index >= 15 is 0 Å². The highest BCUT2D eigenvalue weighted by atomic mass is 32.2. The number of hydrogen-bond donors (Lipinski definition) is 1. The van der Waals surface area contributed by atoms with E-state index in [4.69, 9.17) is 0 Å². The first-order chi connectivity index (χ1) is 4.20. The minimum absolute atomic E-state index is 0.255. The highest BCUT2D eigenvalue weighted by Gasteiger charge is 2.05. The standard InChI is InChI=1S/C4H8F2N2S/c1-7-4(8-2)9-3(5)6/h3H,1-2H3,(H,7,8). The molecule has 1 N–H and O–H groups in total. The van der Waals surface area contributed by atoms with Crippen LogP contribution in [-0.4, -0.2) is 25.0 Å². The van der Waals surface area contributed by atoms with E-state index < -0.39 is 5.76 Å². The van der Waals surface area contributed by atoms with Crippen molar-refractivity contribution in [1.29, 1.82) is 0 Å². The Kier molecular flexibility index (Phi) is 4.39. The summed E-state index contributed by atoms with van der Waals surface area (Å²) in [4.78, 5) is 3.54. The molecule has 0 amide bonds. The lowest BCUT2D eigenvalue weighted by Gasteiger charge is -2.00. The molecule has 2 nitrogen and oxygen atoms in total. The first-order valence-electron chi connectivity index (χ1n) is 2.30. The van der Waals surface area contributed by atoms with E-state index in [0.29, 0.717) is 11.8 Å². The van der Waals surface area contributed by atoms with E-state index in [9.17, 15) is 8.78 Å². The molecular weight excluding hydrogens is 146 g/mol. The quantitative estimate of drug-likeness (QED) is 0.452. The van der Waals surface area contributed by atoms with Crippen molar-refractivity contribution in [2.45, 2.75) is 5.76 Å². The van der Waals surface area contributed by atoms with Gasteiger partial charge in [-0.3, -0.25) is 4.99 Å². The third-order valence-corrected chi connectivity index (χ3v) is 1.41. The number of halogens is 2. The van der Waals surface area contributed by atoms with Crippen molar-refractivity contribution in [3.05, 3.63) is 0 Å². The summed E-state index contributed by atoms with van der Waals surface area (Å²) in [5.74, 6) is -2.39. The molecule has 0 aliphatic carbocycles. The Morgan fingerprint density at radius 3 is 2.33 bits per heavy atom. The third-order valence-electron chi connectivity index (χ3n) is 0.618. The van der Waals surface area contributed by atoms with Crippen molar-refractivity contribution in [3.63, 3.8) is 0 Å². The fourth-order valence-corrected chi connectivity index (χ4v) is 0.700. The minimum Gasteiger partial charge on any atom is -0.368 e. The molecule has 0 saturated heterocycles. The predicted molar refractivity (Wildman–Crippen MR) is 36.0 cm³/mol. The van der Waals surface area contributed by atoms with Gasteiger partial charge >= 0.3 is 0 Å². The van der Waals surface area contributed by atoms with Crippen LogP contribution in [-0.2, 0) is 0 Å². The van der Waals surface area contributed by atoms with Crippen molar-refractivity contribution in [1.82, 2.24) is 5.32 Å². The summed E-state index contributed by atoms with van der Waals surface area (Å²) >= 11 is 0.405. The van der Waals surface area contributed by atoms with Gasteiger partial charge in [-0.15, -0.1) is 0 Å². The van der Waals surface area contributed by atoms with Crippen LogP contribution in [0.2, 0.25) is 0 Å². The van der Waals surface area contributed by atoms with Gasteiger partial charge < -0.3 is 5.32 Å². The van der Waals surface area contributed by atoms with Crippen molar-refractivity contribution in [2.24, 2.45) is 4.99 Å². The predicted octanol–water partition coefficient (Wildman–Crippen LogP) is 1.15. The second-order valence-corrected chi connectivity index (χ2v) is 2.14. The summed E-state index contributed by atoms with van der Waals surface area (Å²) in [6, 6.07) is 0. The van der Waals surface area contributed by atoms with Gasteiger partial charge in [-0.1, -0.05) is 0 Å². The lowest BCUT2D eigenvalue weighted by molar-refractivity contribution is 0.253. The number of nitrogens with one attached hydrogen (secondary N) is 1. The van der Waals surface area contributed by atoms with Gasteiger partial charge in [0, 0.05) is 14.1 Å². The van der Waals surface area contributed by atoms with Gasteiger partial charge in [0.25, 0.3) is 5.76 Å². The van der Waals surface area contributed by atoms with Crippen LogP contribution in [0.4, 0.5) is 8.78 Å². The van der Waals surface area contributed by atoms with Gasteiger partial charge in [0.2, 0.25) is 0 Å². The Labute approximate surface area is 56.7 Å². The molecule has 0 fully saturated rings. The summed E-state index contributed by atoms with van der Waals surface area (Å²) in [6.45, 7) is 0. The Balaban J connectivity index is 3.58. The van der Waals surface area contributed by atoms with Crippen molar-refractivity contribution in [3.8, 4) is 0 Å². The van der Waals surface area contributed by atoms with E-state index in [0.717, 1.165) is 0 Å². The normalized spacial score (nSPS) is 12.3. The van der Waals surface area contributed by atoms with Crippen LogP contribution in [0.5, 0.6) is 0 Å². The number of amidine groups is 1. The molecule has 0 spiro atoms. The lowest BCUT2D eigenvalue weighted by Crippen LogP contribution is -2.15. The zero-order valence-electron chi connectivity index (χ0n) is 5.19. The van der Waals surface area contributed by atoms with Crippen molar-refractivity contribution < 1.29 is 8.78 Å². The van der Waals surface area contributed by atoms with E-state index in [1.54, 1.807) is 7.05 Å². The monoisotopic (exact) mass is 154 g/mol. The number of hydrogen-bond acceptors (Lipinski definition) is 2. The fraction of sp³-hybridized carbons (Fsp3) is 0.750. The molecule has 0 unspecified atom stereocenters. The topological polar surface area (TPSA) is 24.4 Å². The van der Waals surface area contributed by atoms with Crippen LogP contribution in [0, 0.1) is 0 Å². The lowest BCUT2D eigenvalue weighted by atomic mass is 11.1. The summed E-state index contributed by atoms with van der Waals surface area (Å²) < 4.78 is 23.0. The molecule has 0 aromatic carbocycles. The van der Waals surface area contributed by atoms with Crippen molar-refractivity contribution in [2.75, 3.05) is 14.1 Å². The van der Waals surface area contributed by atoms with E-state index in [2.05, 4.69) is 10.3 Å². The fourth-order valence-electron chi connectivity index (χ4n) is 0.308. The molecule has 54 valence electrons. The minimum atomic E-state index is -2.39. The first kappa shape index (κ1) is 8.68. The highest BCUT2D eigenvalue weighted by molar-refractivity contribution is 8.14. The molecule has 5 heteroatoms. The van der Waals surface area contributed by atoms with Gasteiger partial charge in [0.05, 0.1) is 0 Å². The Bertz CT molecular complexity index is 105.